The van der Waals surface area contributed by atoms with Gasteiger partial charge in [0.1, 0.15) is 11.1 Å². The summed E-state index contributed by atoms with van der Waals surface area (Å²) in [5.41, 5.74) is 1.72. The van der Waals surface area contributed by atoms with Crippen molar-refractivity contribution < 1.29 is 21.6 Å². The summed E-state index contributed by atoms with van der Waals surface area (Å²) in [5, 5.41) is 10.3. The zero-order valence-corrected chi connectivity index (χ0v) is 20.4. The molecule has 1 aromatic heterocycles. The zero-order valence-electron chi connectivity index (χ0n) is 19.6. The van der Waals surface area contributed by atoms with Crippen molar-refractivity contribution in [1.82, 2.24) is 15.6 Å². The number of nitrogens with one attached hydrogen (secondary N) is 3. The summed E-state index contributed by atoms with van der Waals surface area (Å²) in [5.74, 6) is 0.577. The quantitative estimate of drug-likeness (QED) is 0.562. The van der Waals surface area contributed by atoms with E-state index in [1.807, 2.05) is 12.3 Å². The SMILES string of the molecule is CC(C)C1NC2=C(CCN(c3ncccc3S(C)(=O)=O)C=C2)C(Nc2ccc(C(F)(F)F)cc2)N1. The molecule has 0 radical (unpaired) electrons. The fraction of sp³-hybridized carbons (Fsp3) is 0.375. The molecule has 4 rings (SSSR count). The Morgan fingerprint density at radius 1 is 1.17 bits per heavy atom. The Hall–Kier alpha value is -3.05. The van der Waals surface area contributed by atoms with Gasteiger partial charge in [0.15, 0.2) is 15.7 Å². The van der Waals surface area contributed by atoms with Crippen molar-refractivity contribution in [2.24, 2.45) is 5.92 Å². The molecule has 2 atom stereocenters. The topological polar surface area (TPSA) is 86.4 Å². The predicted molar refractivity (Wildman–Crippen MR) is 129 cm³/mol. The highest BCUT2D eigenvalue weighted by molar-refractivity contribution is 7.90. The predicted octanol–water partition coefficient (Wildman–Crippen LogP) is 4.09. The minimum absolute atomic E-state index is 0.0849. The van der Waals surface area contributed by atoms with Crippen LogP contribution in [0.5, 0.6) is 0 Å². The Labute approximate surface area is 203 Å². The van der Waals surface area contributed by atoms with E-state index >= 15 is 0 Å². The normalized spacial score (nSPS) is 20.9. The maximum absolute atomic E-state index is 13.0. The van der Waals surface area contributed by atoms with Gasteiger partial charge in [-0.25, -0.2) is 13.4 Å². The summed E-state index contributed by atoms with van der Waals surface area (Å²) >= 11 is 0. The van der Waals surface area contributed by atoms with Crippen molar-refractivity contribution >= 4 is 21.3 Å². The summed E-state index contributed by atoms with van der Waals surface area (Å²) in [4.78, 5) is 6.27. The highest BCUT2D eigenvalue weighted by Crippen LogP contribution is 2.32. The van der Waals surface area contributed by atoms with E-state index in [-0.39, 0.29) is 23.1 Å². The van der Waals surface area contributed by atoms with E-state index in [1.54, 1.807) is 17.2 Å². The Balaban J connectivity index is 1.61. The average Bonchev–Trinajstić information content (AvgIpc) is 3.01. The second kappa shape index (κ2) is 9.54. The van der Waals surface area contributed by atoms with Crippen LogP contribution in [0.4, 0.5) is 24.7 Å². The van der Waals surface area contributed by atoms with E-state index in [2.05, 4.69) is 34.8 Å². The molecule has 0 spiro atoms. The number of hydrogen-bond acceptors (Lipinski definition) is 7. The number of benzene rings is 1. The third kappa shape index (κ3) is 5.62. The number of anilines is 2. The lowest BCUT2D eigenvalue weighted by molar-refractivity contribution is -0.137. The first-order valence-corrected chi connectivity index (χ1v) is 13.1. The zero-order chi connectivity index (χ0) is 25.4. The lowest BCUT2D eigenvalue weighted by Crippen LogP contribution is -2.57. The fourth-order valence-electron chi connectivity index (χ4n) is 4.13. The van der Waals surface area contributed by atoms with E-state index < -0.39 is 21.6 Å². The lowest BCUT2D eigenvalue weighted by Gasteiger charge is -2.38. The first-order chi connectivity index (χ1) is 16.4. The number of allylic oxidation sites excluding steroid dienone is 1. The molecule has 11 heteroatoms. The van der Waals surface area contributed by atoms with E-state index in [0.29, 0.717) is 24.5 Å². The van der Waals surface area contributed by atoms with Gasteiger partial charge in [-0.05, 0) is 60.4 Å². The summed E-state index contributed by atoms with van der Waals surface area (Å²) in [6, 6.07) is 8.08. The Kier molecular flexibility index (Phi) is 6.83. The van der Waals surface area contributed by atoms with E-state index in [1.165, 1.54) is 18.2 Å². The van der Waals surface area contributed by atoms with E-state index in [9.17, 15) is 21.6 Å². The minimum atomic E-state index is -4.39. The van der Waals surface area contributed by atoms with Crippen LogP contribution in [0.1, 0.15) is 25.8 Å². The van der Waals surface area contributed by atoms with Gasteiger partial charge in [0, 0.05) is 36.6 Å². The van der Waals surface area contributed by atoms with Crippen LogP contribution in [0.25, 0.3) is 0 Å². The van der Waals surface area contributed by atoms with Crippen molar-refractivity contribution in [2.45, 2.75) is 43.7 Å². The molecule has 188 valence electrons. The largest absolute Gasteiger partial charge is 0.416 e. The van der Waals surface area contributed by atoms with Crippen LogP contribution in [0.2, 0.25) is 0 Å². The van der Waals surface area contributed by atoms with Gasteiger partial charge < -0.3 is 15.5 Å². The van der Waals surface area contributed by atoms with Gasteiger partial charge in [0.05, 0.1) is 11.7 Å². The van der Waals surface area contributed by atoms with Gasteiger partial charge in [-0.2, -0.15) is 13.2 Å². The molecule has 3 N–H and O–H groups in total. The number of rotatable bonds is 5. The Morgan fingerprint density at radius 3 is 2.51 bits per heavy atom. The summed E-state index contributed by atoms with van der Waals surface area (Å²) in [7, 11) is -3.48. The Morgan fingerprint density at radius 2 is 1.89 bits per heavy atom. The van der Waals surface area contributed by atoms with Crippen molar-refractivity contribution in [3.8, 4) is 0 Å². The molecule has 3 heterocycles. The molecule has 2 aliphatic heterocycles. The van der Waals surface area contributed by atoms with E-state index in [0.717, 1.165) is 29.7 Å². The second-order valence-corrected chi connectivity index (χ2v) is 11.0. The molecule has 0 aliphatic carbocycles. The first kappa shape index (κ1) is 25.1. The number of aromatic nitrogens is 1. The van der Waals surface area contributed by atoms with Gasteiger partial charge in [0.25, 0.3) is 0 Å². The molecular formula is C24H28F3N5O2S. The summed E-state index contributed by atoms with van der Waals surface area (Å²) in [6.45, 7) is 4.59. The molecule has 0 fully saturated rings. The molecule has 2 aromatic rings. The standard InChI is InChI=1S/C24H28F3N5O2S/c1-15(2)21-30-19-11-14-32(23-20(35(3,33)34)5-4-12-28-23)13-10-18(19)22(31-21)29-17-8-6-16(7-9-17)24(25,26)27/h4-9,11-12,14-15,21-22,29-31H,10,13H2,1-3H3. The highest BCUT2D eigenvalue weighted by atomic mass is 32.2. The molecule has 0 bridgehead atoms. The first-order valence-electron chi connectivity index (χ1n) is 11.2. The molecular weight excluding hydrogens is 479 g/mol. The third-order valence-corrected chi connectivity index (χ3v) is 7.12. The van der Waals surface area contributed by atoms with Crippen LogP contribution >= 0.6 is 0 Å². The molecule has 1 aromatic carbocycles. The van der Waals surface area contributed by atoms with Crippen LogP contribution < -0.4 is 20.9 Å². The maximum atomic E-state index is 13.0. The van der Waals surface area contributed by atoms with Crippen molar-refractivity contribution in [3.05, 3.63) is 71.7 Å². The molecule has 2 aliphatic rings. The Bertz CT molecular complexity index is 1240. The highest BCUT2D eigenvalue weighted by Gasteiger charge is 2.32. The molecule has 35 heavy (non-hydrogen) atoms. The van der Waals surface area contributed by atoms with E-state index in [4.69, 9.17) is 0 Å². The lowest BCUT2D eigenvalue weighted by atomic mass is 10.00. The fourth-order valence-corrected chi connectivity index (χ4v) is 4.95. The monoisotopic (exact) mass is 507 g/mol. The van der Waals surface area contributed by atoms with Gasteiger partial charge in [-0.15, -0.1) is 0 Å². The number of alkyl halides is 3. The number of nitrogens with zero attached hydrogens (tertiary/aromatic N) is 2. The third-order valence-electron chi connectivity index (χ3n) is 6.01. The molecule has 0 saturated heterocycles. The van der Waals surface area contributed by atoms with Crippen LogP contribution in [-0.4, -0.2) is 38.5 Å². The number of hydrogen-bond donors (Lipinski definition) is 3. The van der Waals surface area contributed by atoms with Crippen LogP contribution in [0.3, 0.4) is 0 Å². The van der Waals surface area contributed by atoms with Gasteiger partial charge in [-0.3, -0.25) is 5.32 Å². The summed E-state index contributed by atoms with van der Waals surface area (Å²) < 4.78 is 63.5. The molecule has 7 nitrogen and oxygen atoms in total. The molecule has 0 saturated carbocycles. The average molecular weight is 508 g/mol. The minimum Gasteiger partial charge on any atom is -0.369 e. The van der Waals surface area contributed by atoms with Gasteiger partial charge in [0.2, 0.25) is 0 Å². The van der Waals surface area contributed by atoms with Crippen LogP contribution in [-0.2, 0) is 16.0 Å². The van der Waals surface area contributed by atoms with Crippen molar-refractivity contribution in [2.75, 3.05) is 23.0 Å². The maximum Gasteiger partial charge on any atom is 0.416 e. The summed E-state index contributed by atoms with van der Waals surface area (Å²) in [6.07, 6.45) is 2.16. The van der Waals surface area contributed by atoms with Crippen LogP contribution in [0.15, 0.2) is 71.0 Å². The van der Waals surface area contributed by atoms with Crippen LogP contribution in [0, 0.1) is 5.92 Å². The molecule has 0 amide bonds. The number of pyridine rings is 1. The van der Waals surface area contributed by atoms with Gasteiger partial charge in [-0.1, -0.05) is 13.8 Å². The number of sulfone groups is 1. The smallest absolute Gasteiger partial charge is 0.369 e. The number of halogens is 3. The van der Waals surface area contributed by atoms with Crippen molar-refractivity contribution in [3.63, 3.8) is 0 Å². The van der Waals surface area contributed by atoms with Gasteiger partial charge >= 0.3 is 6.18 Å². The second-order valence-electron chi connectivity index (χ2n) is 8.98. The molecule has 2 unspecified atom stereocenters. The van der Waals surface area contributed by atoms with Crippen molar-refractivity contribution in [1.29, 1.82) is 0 Å².